The van der Waals surface area contributed by atoms with Crippen molar-refractivity contribution >= 4 is 34.1 Å². The van der Waals surface area contributed by atoms with Crippen LogP contribution in [0.4, 0.5) is 19.3 Å². The number of thiophene rings is 1. The molecule has 2 N–H and O–H groups in total. The summed E-state index contributed by atoms with van der Waals surface area (Å²) in [6.07, 6.45) is 1.56. The Morgan fingerprint density at radius 2 is 2.10 bits per heavy atom. The monoisotopic (exact) mass is 440 g/mol. The van der Waals surface area contributed by atoms with E-state index in [1.165, 1.54) is 16.2 Å². The number of amides is 2. The fraction of sp³-hybridized carbons (Fsp3) is 0.182. The average molecular weight is 440 g/mol. The summed E-state index contributed by atoms with van der Waals surface area (Å²) in [5, 5.41) is 4.50. The van der Waals surface area contributed by atoms with Gasteiger partial charge in [-0.2, -0.15) is 0 Å². The number of ether oxygens (including phenoxy) is 1. The quantitative estimate of drug-likeness (QED) is 0.460. The van der Waals surface area contributed by atoms with Crippen LogP contribution in [0.1, 0.15) is 16.5 Å². The van der Waals surface area contributed by atoms with Crippen molar-refractivity contribution in [3.8, 4) is 11.1 Å². The highest BCUT2D eigenvalue weighted by Gasteiger charge is 2.36. The van der Waals surface area contributed by atoms with Crippen molar-refractivity contribution in [2.45, 2.75) is 12.6 Å². The van der Waals surface area contributed by atoms with Crippen LogP contribution >= 0.6 is 11.3 Å². The first-order valence-corrected chi connectivity index (χ1v) is 10.5. The zero-order valence-electron chi connectivity index (χ0n) is 16.5. The highest BCUT2D eigenvalue weighted by Crippen LogP contribution is 2.37. The number of aromatic nitrogens is 2. The lowest BCUT2D eigenvalue weighted by molar-refractivity contribution is 0.187. The Kier molecular flexibility index (Phi) is 4.91. The Balaban J connectivity index is 1.52. The molecule has 2 aromatic heterocycles. The van der Waals surface area contributed by atoms with Crippen LogP contribution in [-0.4, -0.2) is 29.7 Å². The van der Waals surface area contributed by atoms with E-state index in [1.807, 2.05) is 0 Å². The first-order valence-electron chi connectivity index (χ1n) is 9.61. The number of urea groups is 1. The van der Waals surface area contributed by atoms with Gasteiger partial charge in [0.2, 0.25) is 0 Å². The van der Waals surface area contributed by atoms with Crippen LogP contribution in [0.25, 0.3) is 22.2 Å². The molecular weight excluding hydrogens is 422 g/mol. The second kappa shape index (κ2) is 7.75. The molecular formula is C22H18F2N4O2S. The molecule has 0 spiro atoms. The van der Waals surface area contributed by atoms with Crippen molar-refractivity contribution in [2.24, 2.45) is 0 Å². The number of carbonyl (C=O) groups is 1. The summed E-state index contributed by atoms with van der Waals surface area (Å²) in [4.78, 5) is 22.1. The zero-order valence-corrected chi connectivity index (χ0v) is 17.3. The Hall–Kier alpha value is -3.30. The number of hydrogen-bond donors (Lipinski definition) is 2. The maximum atomic E-state index is 15.2. The molecule has 3 heterocycles. The maximum Gasteiger partial charge on any atom is 0.322 e. The van der Waals surface area contributed by atoms with Gasteiger partial charge in [0, 0.05) is 35.3 Å². The topological polar surface area (TPSA) is 70.2 Å². The van der Waals surface area contributed by atoms with E-state index in [9.17, 15) is 4.79 Å². The van der Waals surface area contributed by atoms with Crippen LogP contribution in [0, 0.1) is 11.6 Å². The molecule has 1 fully saturated rings. The molecule has 31 heavy (non-hydrogen) atoms. The Labute approximate surface area is 180 Å². The standard InChI is InChI=1S/C22H18F2N4O2S/c1-30-9-14-6-12(10-31-14)15-3-4-16(21(24)20(15)23)19-8-25-22(29)28(19)13-2-5-17-18(7-13)27-11-26-17/h2-7,10-11,19H,8-9H2,1H3,(H,25,29)(H,26,27). The molecule has 6 nitrogen and oxygen atoms in total. The molecule has 1 saturated heterocycles. The third-order valence-corrected chi connectivity index (χ3v) is 6.29. The Bertz CT molecular complexity index is 1290. The number of aromatic amines is 1. The molecule has 1 unspecified atom stereocenters. The number of anilines is 1. The highest BCUT2D eigenvalue weighted by atomic mass is 32.1. The van der Waals surface area contributed by atoms with Crippen molar-refractivity contribution in [3.05, 3.63) is 70.2 Å². The third kappa shape index (κ3) is 3.35. The number of H-pyrrole nitrogens is 1. The van der Waals surface area contributed by atoms with Gasteiger partial charge in [-0.05, 0) is 35.2 Å². The van der Waals surface area contributed by atoms with E-state index in [4.69, 9.17) is 4.74 Å². The second-order valence-electron chi connectivity index (χ2n) is 7.24. The Morgan fingerprint density at radius 1 is 1.23 bits per heavy atom. The summed E-state index contributed by atoms with van der Waals surface area (Å²) in [5.74, 6) is -1.88. The molecule has 2 amide bonds. The molecule has 0 bridgehead atoms. The summed E-state index contributed by atoms with van der Waals surface area (Å²) >= 11 is 1.43. The summed E-state index contributed by atoms with van der Waals surface area (Å²) in [6, 6.07) is 9.15. The van der Waals surface area contributed by atoms with Gasteiger partial charge < -0.3 is 15.0 Å². The summed E-state index contributed by atoms with van der Waals surface area (Å²) in [6.45, 7) is 0.585. The van der Waals surface area contributed by atoms with Crippen molar-refractivity contribution in [3.63, 3.8) is 0 Å². The lowest BCUT2D eigenvalue weighted by atomic mass is 9.99. The fourth-order valence-electron chi connectivity index (χ4n) is 3.90. The fourth-order valence-corrected chi connectivity index (χ4v) is 4.76. The first-order chi connectivity index (χ1) is 15.1. The number of rotatable bonds is 5. The van der Waals surface area contributed by atoms with E-state index in [1.54, 1.807) is 55.2 Å². The largest absolute Gasteiger partial charge is 0.379 e. The van der Waals surface area contributed by atoms with E-state index < -0.39 is 17.7 Å². The lowest BCUT2D eigenvalue weighted by Gasteiger charge is -2.24. The van der Waals surface area contributed by atoms with Gasteiger partial charge in [-0.1, -0.05) is 12.1 Å². The molecule has 0 saturated carbocycles. The van der Waals surface area contributed by atoms with Crippen molar-refractivity contribution in [2.75, 3.05) is 18.6 Å². The van der Waals surface area contributed by atoms with E-state index in [0.29, 0.717) is 23.4 Å². The highest BCUT2D eigenvalue weighted by molar-refractivity contribution is 7.10. The van der Waals surface area contributed by atoms with Crippen LogP contribution in [0.5, 0.6) is 0 Å². The number of benzene rings is 2. The van der Waals surface area contributed by atoms with Crippen LogP contribution in [0.15, 0.2) is 48.1 Å². The van der Waals surface area contributed by atoms with Gasteiger partial charge in [-0.15, -0.1) is 11.3 Å². The predicted octanol–water partition coefficient (Wildman–Crippen LogP) is 4.99. The molecule has 0 radical (unpaired) electrons. The molecule has 9 heteroatoms. The van der Waals surface area contributed by atoms with E-state index in [-0.39, 0.29) is 23.7 Å². The maximum absolute atomic E-state index is 15.2. The van der Waals surface area contributed by atoms with Gasteiger partial charge in [0.05, 0.1) is 30.0 Å². The summed E-state index contributed by atoms with van der Waals surface area (Å²) in [5.41, 5.74) is 2.97. The number of halogens is 2. The van der Waals surface area contributed by atoms with Crippen molar-refractivity contribution in [1.82, 2.24) is 15.3 Å². The molecule has 1 aliphatic rings. The molecule has 5 rings (SSSR count). The van der Waals surface area contributed by atoms with Gasteiger partial charge in [-0.25, -0.2) is 18.6 Å². The second-order valence-corrected chi connectivity index (χ2v) is 8.24. The number of methoxy groups -OCH3 is 1. The average Bonchev–Trinajstić information content (AvgIpc) is 3.50. The molecule has 0 aliphatic carbocycles. The summed E-state index contributed by atoms with van der Waals surface area (Å²) in [7, 11) is 1.58. The Morgan fingerprint density at radius 3 is 2.94 bits per heavy atom. The molecule has 1 aliphatic heterocycles. The number of nitrogens with zero attached hydrogens (tertiary/aromatic N) is 2. The normalized spacial score (nSPS) is 16.3. The van der Waals surface area contributed by atoms with Crippen LogP contribution < -0.4 is 10.2 Å². The predicted molar refractivity (Wildman–Crippen MR) is 115 cm³/mol. The van der Waals surface area contributed by atoms with Crippen LogP contribution in [0.3, 0.4) is 0 Å². The number of imidazole rings is 1. The number of nitrogens with one attached hydrogen (secondary N) is 2. The van der Waals surface area contributed by atoms with E-state index >= 15 is 8.78 Å². The van der Waals surface area contributed by atoms with Crippen molar-refractivity contribution in [1.29, 1.82) is 0 Å². The lowest BCUT2D eigenvalue weighted by Crippen LogP contribution is -2.30. The molecule has 2 aromatic carbocycles. The van der Waals surface area contributed by atoms with Gasteiger partial charge in [0.25, 0.3) is 0 Å². The van der Waals surface area contributed by atoms with Gasteiger partial charge in [0.15, 0.2) is 11.6 Å². The first kappa shape index (κ1) is 19.7. The van der Waals surface area contributed by atoms with Crippen LogP contribution in [0.2, 0.25) is 0 Å². The zero-order chi connectivity index (χ0) is 21.5. The van der Waals surface area contributed by atoms with Crippen molar-refractivity contribution < 1.29 is 18.3 Å². The van der Waals surface area contributed by atoms with E-state index in [2.05, 4.69) is 15.3 Å². The van der Waals surface area contributed by atoms with E-state index in [0.717, 1.165) is 10.4 Å². The molecule has 4 aromatic rings. The van der Waals surface area contributed by atoms with Crippen LogP contribution in [-0.2, 0) is 11.3 Å². The van der Waals surface area contributed by atoms with Gasteiger partial charge in [-0.3, -0.25) is 4.90 Å². The number of fused-ring (bicyclic) bond motifs is 1. The summed E-state index contributed by atoms with van der Waals surface area (Å²) < 4.78 is 35.3. The minimum Gasteiger partial charge on any atom is -0.379 e. The SMILES string of the molecule is COCc1cc(-c2ccc(C3CNC(=O)N3c3ccc4[nH]cnc4c3)c(F)c2F)cs1. The number of hydrogen-bond acceptors (Lipinski definition) is 4. The minimum absolute atomic E-state index is 0.120. The molecule has 158 valence electrons. The molecule has 1 atom stereocenters. The third-order valence-electron chi connectivity index (χ3n) is 5.38. The van der Waals surface area contributed by atoms with Gasteiger partial charge >= 0.3 is 6.03 Å². The number of carbonyl (C=O) groups excluding carboxylic acids is 1. The van der Waals surface area contributed by atoms with Gasteiger partial charge in [0.1, 0.15) is 0 Å². The smallest absolute Gasteiger partial charge is 0.322 e. The minimum atomic E-state index is -0.954.